The van der Waals surface area contributed by atoms with Crippen molar-refractivity contribution in [3.05, 3.63) is 67.7 Å². The Morgan fingerprint density at radius 1 is 1.04 bits per heavy atom. The standard InChI is InChI=1S/C20H24N4O3/c25-18-12-16(20(27)22-21-18)13-19(26)24-9-7-23(8-10-24)17-6-5-14-3-1-2-4-15(14)11-17/h1-4,12,17H,5-11,13H2,(H,21,25)(H,22,27). The van der Waals surface area contributed by atoms with E-state index in [2.05, 4.69) is 39.4 Å². The van der Waals surface area contributed by atoms with E-state index in [4.69, 9.17) is 0 Å². The fourth-order valence-corrected chi connectivity index (χ4v) is 4.19. The van der Waals surface area contributed by atoms with Crippen molar-refractivity contribution in [3.8, 4) is 0 Å². The van der Waals surface area contributed by atoms with Gasteiger partial charge < -0.3 is 4.90 Å². The highest BCUT2D eigenvalue weighted by molar-refractivity contribution is 5.78. The Labute approximate surface area is 157 Å². The third-order valence-corrected chi connectivity index (χ3v) is 5.74. The maximum absolute atomic E-state index is 12.5. The number of aryl methyl sites for hydroxylation is 1. The summed E-state index contributed by atoms with van der Waals surface area (Å²) in [6, 6.07) is 10.4. The molecule has 2 N–H and O–H groups in total. The van der Waals surface area contributed by atoms with Crippen molar-refractivity contribution in [2.45, 2.75) is 31.7 Å². The molecule has 2 heterocycles. The largest absolute Gasteiger partial charge is 0.340 e. The van der Waals surface area contributed by atoms with Crippen molar-refractivity contribution in [2.24, 2.45) is 0 Å². The number of nitrogens with one attached hydrogen (secondary N) is 2. The molecule has 1 fully saturated rings. The monoisotopic (exact) mass is 368 g/mol. The number of piperazine rings is 1. The summed E-state index contributed by atoms with van der Waals surface area (Å²) in [5, 5.41) is 4.48. The van der Waals surface area contributed by atoms with Crippen molar-refractivity contribution in [3.63, 3.8) is 0 Å². The Bertz CT molecular complexity index is 940. The Morgan fingerprint density at radius 3 is 2.56 bits per heavy atom. The fraction of sp³-hybridized carbons (Fsp3) is 0.450. The summed E-state index contributed by atoms with van der Waals surface area (Å²) in [7, 11) is 0. The molecule has 1 atom stereocenters. The van der Waals surface area contributed by atoms with Crippen LogP contribution in [0, 0.1) is 0 Å². The molecule has 2 aromatic rings. The van der Waals surface area contributed by atoms with E-state index in [9.17, 15) is 14.4 Å². The average molecular weight is 368 g/mol. The molecular weight excluding hydrogens is 344 g/mol. The third-order valence-electron chi connectivity index (χ3n) is 5.74. The van der Waals surface area contributed by atoms with Crippen LogP contribution in [0.15, 0.2) is 39.9 Å². The lowest BCUT2D eigenvalue weighted by atomic mass is 9.87. The first-order valence-corrected chi connectivity index (χ1v) is 9.49. The highest BCUT2D eigenvalue weighted by atomic mass is 16.2. The molecule has 7 nitrogen and oxygen atoms in total. The number of carbonyl (C=O) groups excluding carboxylic acids is 1. The van der Waals surface area contributed by atoms with Crippen LogP contribution in [0.2, 0.25) is 0 Å². The molecule has 142 valence electrons. The molecule has 1 amide bonds. The number of rotatable bonds is 3. The molecule has 4 rings (SSSR count). The predicted molar refractivity (Wildman–Crippen MR) is 102 cm³/mol. The lowest BCUT2D eigenvalue weighted by molar-refractivity contribution is -0.132. The van der Waals surface area contributed by atoms with Gasteiger partial charge in [0.15, 0.2) is 0 Å². The molecule has 1 unspecified atom stereocenters. The van der Waals surface area contributed by atoms with Gasteiger partial charge in [-0.3, -0.25) is 29.5 Å². The fourth-order valence-electron chi connectivity index (χ4n) is 4.19. The minimum atomic E-state index is -0.414. The second-order valence-corrected chi connectivity index (χ2v) is 7.37. The lowest BCUT2D eigenvalue weighted by Gasteiger charge is -2.41. The smallest absolute Gasteiger partial charge is 0.266 e. The first-order chi connectivity index (χ1) is 13.1. The van der Waals surface area contributed by atoms with E-state index in [1.807, 2.05) is 0 Å². The van der Waals surface area contributed by atoms with Crippen LogP contribution in [0.1, 0.15) is 23.1 Å². The van der Waals surface area contributed by atoms with Crippen LogP contribution >= 0.6 is 0 Å². The van der Waals surface area contributed by atoms with Crippen molar-refractivity contribution in [1.82, 2.24) is 20.0 Å². The third kappa shape index (κ3) is 3.88. The molecule has 1 aliphatic carbocycles. The molecule has 7 heteroatoms. The molecule has 1 aromatic carbocycles. The number of aromatic nitrogens is 2. The number of amides is 1. The Hall–Kier alpha value is -2.67. The summed E-state index contributed by atoms with van der Waals surface area (Å²) in [4.78, 5) is 39.9. The van der Waals surface area contributed by atoms with Crippen LogP contribution in [-0.2, 0) is 24.1 Å². The van der Waals surface area contributed by atoms with Crippen molar-refractivity contribution >= 4 is 5.91 Å². The average Bonchev–Trinajstić information content (AvgIpc) is 2.70. The maximum atomic E-state index is 12.5. The summed E-state index contributed by atoms with van der Waals surface area (Å²) in [6.45, 7) is 3.03. The van der Waals surface area contributed by atoms with Gasteiger partial charge in [0.25, 0.3) is 11.1 Å². The van der Waals surface area contributed by atoms with E-state index in [1.165, 1.54) is 17.2 Å². The van der Waals surface area contributed by atoms with Gasteiger partial charge in [-0.05, 0) is 30.4 Å². The van der Waals surface area contributed by atoms with Crippen LogP contribution in [0.4, 0.5) is 0 Å². The maximum Gasteiger partial charge on any atom is 0.266 e. The highest BCUT2D eigenvalue weighted by Crippen LogP contribution is 2.25. The van der Waals surface area contributed by atoms with Crippen LogP contribution < -0.4 is 11.1 Å². The molecule has 1 aliphatic heterocycles. The number of carbonyl (C=O) groups is 1. The van der Waals surface area contributed by atoms with Crippen LogP contribution in [0.5, 0.6) is 0 Å². The second kappa shape index (κ2) is 7.52. The normalized spacial score (nSPS) is 20.3. The van der Waals surface area contributed by atoms with Gasteiger partial charge in [0.05, 0.1) is 6.42 Å². The molecule has 0 spiro atoms. The molecule has 1 aromatic heterocycles. The summed E-state index contributed by atoms with van der Waals surface area (Å²) in [6.07, 6.45) is 3.32. The van der Waals surface area contributed by atoms with Gasteiger partial charge in [0.2, 0.25) is 5.91 Å². The number of nitrogens with zero attached hydrogens (tertiary/aromatic N) is 2. The first-order valence-electron chi connectivity index (χ1n) is 9.49. The van der Waals surface area contributed by atoms with E-state index in [-0.39, 0.29) is 17.9 Å². The molecule has 27 heavy (non-hydrogen) atoms. The van der Waals surface area contributed by atoms with Gasteiger partial charge in [-0.2, -0.15) is 0 Å². The van der Waals surface area contributed by atoms with Gasteiger partial charge in [0.1, 0.15) is 0 Å². The van der Waals surface area contributed by atoms with Gasteiger partial charge in [0, 0.05) is 43.9 Å². The van der Waals surface area contributed by atoms with E-state index < -0.39 is 11.1 Å². The van der Waals surface area contributed by atoms with Gasteiger partial charge in [-0.15, -0.1) is 0 Å². The first kappa shape index (κ1) is 17.7. The number of hydrogen-bond acceptors (Lipinski definition) is 4. The molecular formula is C20H24N4O3. The number of benzene rings is 1. The minimum Gasteiger partial charge on any atom is -0.340 e. The van der Waals surface area contributed by atoms with Crippen LogP contribution in [0.25, 0.3) is 0 Å². The SMILES string of the molecule is O=C(Cc1cc(=O)[nH][nH]c1=O)N1CCN(C2CCc3ccccc3C2)CC1. The van der Waals surface area contributed by atoms with Gasteiger partial charge >= 0.3 is 0 Å². The Morgan fingerprint density at radius 2 is 1.78 bits per heavy atom. The summed E-state index contributed by atoms with van der Waals surface area (Å²) >= 11 is 0. The molecule has 0 radical (unpaired) electrons. The van der Waals surface area contributed by atoms with E-state index in [1.54, 1.807) is 4.90 Å². The second-order valence-electron chi connectivity index (χ2n) is 7.37. The summed E-state index contributed by atoms with van der Waals surface area (Å²) < 4.78 is 0. The zero-order valence-corrected chi connectivity index (χ0v) is 15.2. The molecule has 0 saturated carbocycles. The predicted octanol–water partition coefficient (Wildman–Crippen LogP) is 0.307. The van der Waals surface area contributed by atoms with E-state index in [0.29, 0.717) is 19.1 Å². The van der Waals surface area contributed by atoms with Crippen molar-refractivity contribution < 1.29 is 4.79 Å². The molecule has 2 aliphatic rings. The zero-order valence-electron chi connectivity index (χ0n) is 15.2. The Kier molecular flexibility index (Phi) is 4.94. The van der Waals surface area contributed by atoms with Crippen molar-refractivity contribution in [2.75, 3.05) is 26.2 Å². The lowest BCUT2D eigenvalue weighted by Crippen LogP contribution is -2.53. The van der Waals surface area contributed by atoms with Crippen LogP contribution in [0.3, 0.4) is 0 Å². The summed E-state index contributed by atoms with van der Waals surface area (Å²) in [5.74, 6) is -0.0975. The molecule has 0 bridgehead atoms. The van der Waals surface area contributed by atoms with Crippen molar-refractivity contribution in [1.29, 1.82) is 0 Å². The van der Waals surface area contributed by atoms with E-state index in [0.717, 1.165) is 32.4 Å². The number of aromatic amines is 2. The van der Waals surface area contributed by atoms with Gasteiger partial charge in [-0.1, -0.05) is 24.3 Å². The minimum absolute atomic E-state index is 0.0317. The number of hydrogen-bond donors (Lipinski definition) is 2. The number of fused-ring (bicyclic) bond motifs is 1. The summed E-state index contributed by atoms with van der Waals surface area (Å²) in [5.41, 5.74) is 2.31. The topological polar surface area (TPSA) is 89.3 Å². The quantitative estimate of drug-likeness (QED) is 0.816. The highest BCUT2D eigenvalue weighted by Gasteiger charge is 2.28. The van der Waals surface area contributed by atoms with Gasteiger partial charge in [-0.25, -0.2) is 0 Å². The Balaban J connectivity index is 1.34. The van der Waals surface area contributed by atoms with Crippen LogP contribution in [-0.4, -0.2) is 58.1 Å². The number of H-pyrrole nitrogens is 2. The zero-order chi connectivity index (χ0) is 18.8. The van der Waals surface area contributed by atoms with E-state index >= 15 is 0 Å². The molecule has 1 saturated heterocycles.